The first-order valence-electron chi connectivity index (χ1n) is 7.05. The Morgan fingerprint density at radius 2 is 2.33 bits per heavy atom. The molecular formula is C14H19N3O4. The van der Waals surface area contributed by atoms with Crippen molar-refractivity contribution in [2.75, 3.05) is 11.4 Å². The summed E-state index contributed by atoms with van der Waals surface area (Å²) in [6.07, 6.45) is 3.63. The van der Waals surface area contributed by atoms with Crippen LogP contribution in [0, 0.1) is 10.1 Å². The summed E-state index contributed by atoms with van der Waals surface area (Å²) in [4.78, 5) is 27.6. The van der Waals surface area contributed by atoms with E-state index in [0.29, 0.717) is 0 Å². The first kappa shape index (κ1) is 15.2. The van der Waals surface area contributed by atoms with Crippen LogP contribution >= 0.6 is 0 Å². The lowest BCUT2D eigenvalue weighted by atomic mass is 9.97. The number of nitrogens with zero attached hydrogens (tertiary/aromatic N) is 3. The fourth-order valence-electron chi connectivity index (χ4n) is 2.70. The Morgan fingerprint density at radius 3 is 2.86 bits per heavy atom. The number of carbonyl (C=O) groups excluding carboxylic acids is 1. The van der Waals surface area contributed by atoms with Gasteiger partial charge in [-0.15, -0.1) is 0 Å². The van der Waals surface area contributed by atoms with Crippen molar-refractivity contribution in [2.45, 2.75) is 45.3 Å². The Kier molecular flexibility index (Phi) is 4.72. The molecule has 0 radical (unpaired) electrons. The van der Waals surface area contributed by atoms with Gasteiger partial charge in [-0.2, -0.15) is 0 Å². The molecule has 0 spiro atoms. The molecule has 1 saturated heterocycles. The Hall–Kier alpha value is -2.18. The smallest absolute Gasteiger partial charge is 0.302 e. The van der Waals surface area contributed by atoms with Crippen LogP contribution in [0.3, 0.4) is 0 Å². The molecule has 1 aromatic heterocycles. The topological polar surface area (TPSA) is 85.6 Å². The minimum absolute atomic E-state index is 0.0124. The Bertz CT molecular complexity index is 517. The van der Waals surface area contributed by atoms with Crippen LogP contribution in [0.2, 0.25) is 0 Å². The van der Waals surface area contributed by atoms with E-state index < -0.39 is 4.92 Å². The van der Waals surface area contributed by atoms with Crippen molar-refractivity contribution in [1.29, 1.82) is 0 Å². The average molecular weight is 293 g/mol. The third-order valence-electron chi connectivity index (χ3n) is 3.71. The Labute approximate surface area is 123 Å². The van der Waals surface area contributed by atoms with Crippen LogP contribution in [0.1, 0.15) is 33.1 Å². The summed E-state index contributed by atoms with van der Waals surface area (Å²) < 4.78 is 5.28. The zero-order chi connectivity index (χ0) is 15.4. The van der Waals surface area contributed by atoms with E-state index in [4.69, 9.17) is 4.74 Å². The molecule has 1 aliphatic rings. The van der Waals surface area contributed by atoms with Gasteiger partial charge in [0.2, 0.25) is 0 Å². The van der Waals surface area contributed by atoms with Gasteiger partial charge in [0.05, 0.1) is 4.92 Å². The van der Waals surface area contributed by atoms with E-state index in [1.807, 2.05) is 0 Å². The molecular weight excluding hydrogens is 274 g/mol. The summed E-state index contributed by atoms with van der Waals surface area (Å²) in [5.41, 5.74) is -0.0124. The maximum Gasteiger partial charge on any atom is 0.302 e. The van der Waals surface area contributed by atoms with E-state index >= 15 is 0 Å². The molecule has 114 valence electrons. The number of ether oxygens (including phenoxy) is 1. The second-order valence-corrected chi connectivity index (χ2v) is 5.14. The zero-order valence-electron chi connectivity index (χ0n) is 12.2. The quantitative estimate of drug-likeness (QED) is 0.481. The summed E-state index contributed by atoms with van der Waals surface area (Å²) in [6, 6.07) is 3.36. The lowest BCUT2D eigenvalue weighted by Crippen LogP contribution is -2.45. The van der Waals surface area contributed by atoms with E-state index in [-0.39, 0.29) is 23.8 Å². The molecule has 0 bridgehead atoms. The van der Waals surface area contributed by atoms with E-state index in [1.54, 1.807) is 6.07 Å². The number of carbonyl (C=O) groups is 1. The number of pyridine rings is 1. The van der Waals surface area contributed by atoms with E-state index in [9.17, 15) is 14.9 Å². The third-order valence-corrected chi connectivity index (χ3v) is 3.71. The lowest BCUT2D eigenvalue weighted by molar-refractivity contribution is -0.385. The van der Waals surface area contributed by atoms with Gasteiger partial charge in [-0.25, -0.2) is 4.98 Å². The summed E-state index contributed by atoms with van der Waals surface area (Å²) in [5, 5.41) is 10.7. The van der Waals surface area contributed by atoms with Crippen molar-refractivity contribution in [3.63, 3.8) is 0 Å². The van der Waals surface area contributed by atoms with E-state index in [2.05, 4.69) is 16.8 Å². The predicted octanol–water partition coefficient (Wildman–Crippen LogP) is 2.30. The molecule has 2 heterocycles. The molecule has 1 fully saturated rings. The normalized spacial score (nSPS) is 21.9. The van der Waals surface area contributed by atoms with E-state index in [0.717, 1.165) is 31.6 Å². The van der Waals surface area contributed by atoms with Crippen molar-refractivity contribution in [3.05, 3.63) is 28.4 Å². The summed E-state index contributed by atoms with van der Waals surface area (Å²) in [6.45, 7) is 4.21. The largest absolute Gasteiger partial charge is 0.462 e. The van der Waals surface area contributed by atoms with Crippen LogP contribution in [-0.4, -0.2) is 34.6 Å². The molecule has 0 aliphatic carbocycles. The van der Waals surface area contributed by atoms with Crippen LogP contribution in [0.15, 0.2) is 18.3 Å². The van der Waals surface area contributed by atoms with Crippen LogP contribution < -0.4 is 4.90 Å². The molecule has 0 amide bonds. The maximum absolute atomic E-state index is 11.0. The lowest BCUT2D eigenvalue weighted by Gasteiger charge is -2.39. The number of aromatic nitrogens is 1. The molecule has 0 N–H and O–H groups in total. The second-order valence-electron chi connectivity index (χ2n) is 5.14. The minimum atomic E-state index is -0.457. The van der Waals surface area contributed by atoms with Crippen molar-refractivity contribution in [1.82, 2.24) is 4.98 Å². The molecule has 1 aliphatic heterocycles. The number of esters is 1. The minimum Gasteiger partial charge on any atom is -0.462 e. The Balaban J connectivity index is 2.09. The first-order chi connectivity index (χ1) is 10.0. The molecule has 2 rings (SSSR count). The van der Waals surface area contributed by atoms with Crippen molar-refractivity contribution >= 4 is 17.5 Å². The van der Waals surface area contributed by atoms with Gasteiger partial charge in [-0.05, 0) is 12.5 Å². The molecule has 7 nitrogen and oxygen atoms in total. The van der Waals surface area contributed by atoms with Crippen LogP contribution in [0.4, 0.5) is 11.5 Å². The van der Waals surface area contributed by atoms with Crippen LogP contribution in [-0.2, 0) is 9.53 Å². The van der Waals surface area contributed by atoms with Gasteiger partial charge < -0.3 is 9.64 Å². The fourth-order valence-corrected chi connectivity index (χ4v) is 2.70. The molecule has 2 atom stereocenters. The van der Waals surface area contributed by atoms with Gasteiger partial charge in [0.15, 0.2) is 0 Å². The number of piperidine rings is 1. The number of anilines is 1. The molecule has 2 unspecified atom stereocenters. The summed E-state index contributed by atoms with van der Waals surface area (Å²) >= 11 is 0. The van der Waals surface area contributed by atoms with Gasteiger partial charge in [-0.3, -0.25) is 14.9 Å². The molecule has 0 saturated carbocycles. The number of hydrogen-bond acceptors (Lipinski definition) is 6. The highest BCUT2D eigenvalue weighted by Gasteiger charge is 2.29. The third kappa shape index (κ3) is 3.68. The van der Waals surface area contributed by atoms with E-state index in [1.165, 1.54) is 19.2 Å². The van der Waals surface area contributed by atoms with Gasteiger partial charge >= 0.3 is 5.97 Å². The number of nitro groups is 1. The zero-order valence-corrected chi connectivity index (χ0v) is 12.2. The summed E-state index contributed by atoms with van der Waals surface area (Å²) in [5.74, 6) is 0.477. The Morgan fingerprint density at radius 1 is 1.57 bits per heavy atom. The fraction of sp³-hybridized carbons (Fsp3) is 0.571. The number of rotatable bonds is 4. The SMILES string of the molecule is CCC1CC(OC(C)=O)CCN1c1ccc([N+](=O)[O-])cn1. The molecule has 1 aromatic rings. The highest BCUT2D eigenvalue weighted by molar-refractivity contribution is 5.66. The summed E-state index contributed by atoms with van der Waals surface area (Å²) in [7, 11) is 0. The maximum atomic E-state index is 11.0. The van der Waals surface area contributed by atoms with Crippen molar-refractivity contribution in [3.8, 4) is 0 Å². The molecule has 0 aromatic carbocycles. The van der Waals surface area contributed by atoms with Gasteiger partial charge in [0, 0.05) is 38.4 Å². The predicted molar refractivity (Wildman–Crippen MR) is 77.1 cm³/mol. The molecule has 21 heavy (non-hydrogen) atoms. The van der Waals surface area contributed by atoms with Crippen molar-refractivity contribution < 1.29 is 14.5 Å². The van der Waals surface area contributed by atoms with Gasteiger partial charge in [-0.1, -0.05) is 6.92 Å². The number of hydrogen-bond donors (Lipinski definition) is 0. The van der Waals surface area contributed by atoms with Crippen molar-refractivity contribution in [2.24, 2.45) is 0 Å². The standard InChI is InChI=1S/C14H19N3O4/c1-3-11-8-13(21-10(2)18)6-7-16(11)14-5-4-12(9-15-14)17(19)20/h4-5,9,11,13H,3,6-8H2,1-2H3. The highest BCUT2D eigenvalue weighted by atomic mass is 16.6. The van der Waals surface area contributed by atoms with Crippen LogP contribution in [0.25, 0.3) is 0 Å². The first-order valence-corrected chi connectivity index (χ1v) is 7.05. The second kappa shape index (κ2) is 6.51. The van der Waals surface area contributed by atoms with Crippen LogP contribution in [0.5, 0.6) is 0 Å². The monoisotopic (exact) mass is 293 g/mol. The highest BCUT2D eigenvalue weighted by Crippen LogP contribution is 2.27. The van der Waals surface area contributed by atoms with Gasteiger partial charge in [0.1, 0.15) is 18.1 Å². The van der Waals surface area contributed by atoms with Gasteiger partial charge in [0.25, 0.3) is 5.69 Å². The average Bonchev–Trinajstić information content (AvgIpc) is 2.46. The molecule has 7 heteroatoms.